The van der Waals surface area contributed by atoms with Crippen LogP contribution in [0.5, 0.6) is 0 Å². The molecule has 1 N–H and O–H groups in total. The molecule has 0 fully saturated rings. The maximum absolute atomic E-state index is 5.40. The fraction of sp³-hybridized carbons (Fsp3) is 0.176. The normalized spacial score (nSPS) is 10.4. The lowest BCUT2D eigenvalue weighted by Crippen LogP contribution is -2.13. The standard InChI is InChI=1S/C17H16N6S.2ClH/c1-3-23-14-9-12-11(8-13(14)21-17(23)24)16(20-10-19-12)22(2)15-6-4-5-7-18-15;;/h4-10H,3H2,1-2H3,(H,21,24);2*1H. The summed E-state index contributed by atoms with van der Waals surface area (Å²) in [6, 6.07) is 9.92. The van der Waals surface area contributed by atoms with Crippen LogP contribution >= 0.6 is 37.0 Å². The van der Waals surface area contributed by atoms with Gasteiger partial charge in [-0.1, -0.05) is 6.07 Å². The molecule has 6 nitrogen and oxygen atoms in total. The Morgan fingerprint density at radius 2 is 1.96 bits per heavy atom. The minimum absolute atomic E-state index is 0. The van der Waals surface area contributed by atoms with Crippen LogP contribution in [0.1, 0.15) is 6.92 Å². The van der Waals surface area contributed by atoms with Gasteiger partial charge >= 0.3 is 0 Å². The molecule has 3 heterocycles. The number of H-pyrrole nitrogens is 1. The SMILES string of the molecule is CCn1c(=S)[nH]c2cc3c(N(C)c4ccccn4)ncnc3cc21.Cl.Cl. The summed E-state index contributed by atoms with van der Waals surface area (Å²) in [6.45, 7) is 2.89. The second-order valence-corrected chi connectivity index (χ2v) is 5.89. The molecule has 1 aromatic carbocycles. The molecule has 4 aromatic rings. The topological polar surface area (TPSA) is 62.6 Å². The first kappa shape index (κ1) is 20.1. The van der Waals surface area contributed by atoms with Crippen LogP contribution in [0, 0.1) is 4.77 Å². The predicted octanol–water partition coefficient (Wildman–Crippen LogP) is 4.67. The number of nitrogens with one attached hydrogen (secondary N) is 1. The fourth-order valence-electron chi connectivity index (χ4n) is 2.94. The predicted molar refractivity (Wildman–Crippen MR) is 113 cm³/mol. The van der Waals surface area contributed by atoms with Gasteiger partial charge in [0.1, 0.15) is 18.0 Å². The van der Waals surface area contributed by atoms with Crippen LogP contribution in [0.3, 0.4) is 0 Å². The molecule has 0 radical (unpaired) electrons. The highest BCUT2D eigenvalue weighted by molar-refractivity contribution is 7.71. The number of aryl methyl sites for hydroxylation is 1. The maximum Gasteiger partial charge on any atom is 0.178 e. The summed E-state index contributed by atoms with van der Waals surface area (Å²) in [7, 11) is 1.95. The molecule has 0 aliphatic heterocycles. The molecule has 0 saturated carbocycles. The summed E-state index contributed by atoms with van der Waals surface area (Å²) < 4.78 is 2.78. The highest BCUT2D eigenvalue weighted by atomic mass is 35.5. The van der Waals surface area contributed by atoms with Crippen molar-refractivity contribution < 1.29 is 0 Å². The van der Waals surface area contributed by atoms with Crippen LogP contribution in [0.15, 0.2) is 42.9 Å². The van der Waals surface area contributed by atoms with Gasteiger partial charge in [-0.05, 0) is 43.4 Å². The highest BCUT2D eigenvalue weighted by Crippen LogP contribution is 2.29. The maximum atomic E-state index is 5.40. The first-order valence-corrected chi connectivity index (χ1v) is 8.12. The van der Waals surface area contributed by atoms with Gasteiger partial charge in [0.15, 0.2) is 4.77 Å². The van der Waals surface area contributed by atoms with E-state index in [1.807, 2.05) is 30.1 Å². The molecule has 0 aliphatic rings. The van der Waals surface area contributed by atoms with E-state index in [-0.39, 0.29) is 24.8 Å². The Morgan fingerprint density at radius 1 is 1.15 bits per heavy atom. The third-order valence-corrected chi connectivity index (χ3v) is 4.46. The molecule has 0 amide bonds. The largest absolute Gasteiger partial charge is 0.331 e. The van der Waals surface area contributed by atoms with Crippen LogP contribution in [0.2, 0.25) is 0 Å². The Labute approximate surface area is 168 Å². The van der Waals surface area contributed by atoms with E-state index in [0.717, 1.165) is 44.9 Å². The Balaban J connectivity index is 0.00000121. The van der Waals surface area contributed by atoms with Gasteiger partial charge in [0.2, 0.25) is 0 Å². The van der Waals surface area contributed by atoms with Crippen molar-refractivity contribution in [3.8, 4) is 0 Å². The van der Waals surface area contributed by atoms with Crippen LogP contribution in [0.4, 0.5) is 11.6 Å². The lowest BCUT2D eigenvalue weighted by Gasteiger charge is -2.18. The van der Waals surface area contributed by atoms with Crippen molar-refractivity contribution in [2.24, 2.45) is 0 Å². The summed E-state index contributed by atoms with van der Waals surface area (Å²) in [5.74, 6) is 1.64. The Kier molecular flexibility index (Phi) is 6.17. The number of hydrogen-bond donors (Lipinski definition) is 1. The summed E-state index contributed by atoms with van der Waals surface area (Å²) in [5.41, 5.74) is 2.92. The van der Waals surface area contributed by atoms with E-state index in [2.05, 4.69) is 43.6 Å². The second-order valence-electron chi connectivity index (χ2n) is 5.51. The molecule has 26 heavy (non-hydrogen) atoms. The van der Waals surface area contributed by atoms with Crippen molar-refractivity contribution in [1.29, 1.82) is 0 Å². The lowest BCUT2D eigenvalue weighted by molar-refractivity contribution is 0.774. The minimum atomic E-state index is 0. The second kappa shape index (κ2) is 7.99. The lowest BCUT2D eigenvalue weighted by atomic mass is 10.2. The molecule has 0 bridgehead atoms. The first-order chi connectivity index (χ1) is 11.7. The molecule has 0 spiro atoms. The van der Waals surface area contributed by atoms with Gasteiger partial charge in [-0.2, -0.15) is 0 Å². The molecule has 4 rings (SSSR count). The van der Waals surface area contributed by atoms with Gasteiger partial charge < -0.3 is 14.5 Å². The van der Waals surface area contributed by atoms with E-state index in [0.29, 0.717) is 0 Å². The van der Waals surface area contributed by atoms with Gasteiger partial charge in [-0.25, -0.2) is 15.0 Å². The number of benzene rings is 1. The van der Waals surface area contributed by atoms with Gasteiger partial charge in [-0.15, -0.1) is 24.8 Å². The molecular weight excluding hydrogens is 391 g/mol. The summed E-state index contributed by atoms with van der Waals surface area (Å²) in [5, 5.41) is 0.956. The van der Waals surface area contributed by atoms with E-state index >= 15 is 0 Å². The Bertz CT molecular complexity index is 1090. The average molecular weight is 409 g/mol. The smallest absolute Gasteiger partial charge is 0.178 e. The number of fused-ring (bicyclic) bond motifs is 2. The van der Waals surface area contributed by atoms with Gasteiger partial charge in [0, 0.05) is 25.2 Å². The van der Waals surface area contributed by atoms with E-state index in [1.165, 1.54) is 0 Å². The molecule has 136 valence electrons. The number of pyridine rings is 1. The minimum Gasteiger partial charge on any atom is -0.331 e. The zero-order valence-corrected chi connectivity index (χ0v) is 16.7. The van der Waals surface area contributed by atoms with E-state index < -0.39 is 0 Å². The Hall–Kier alpha value is -2.22. The van der Waals surface area contributed by atoms with Crippen molar-refractivity contribution >= 4 is 70.6 Å². The third kappa shape index (κ3) is 3.25. The monoisotopic (exact) mass is 408 g/mol. The zero-order chi connectivity index (χ0) is 16.7. The average Bonchev–Trinajstić information content (AvgIpc) is 2.93. The van der Waals surface area contributed by atoms with Crippen molar-refractivity contribution in [3.63, 3.8) is 0 Å². The fourth-order valence-corrected chi connectivity index (χ4v) is 3.27. The number of halogens is 2. The van der Waals surface area contributed by atoms with Crippen molar-refractivity contribution in [2.45, 2.75) is 13.5 Å². The number of aromatic nitrogens is 5. The number of imidazole rings is 1. The van der Waals surface area contributed by atoms with Crippen LogP contribution in [0.25, 0.3) is 21.9 Å². The molecule has 0 saturated heterocycles. The number of rotatable bonds is 3. The number of aromatic amines is 1. The first-order valence-electron chi connectivity index (χ1n) is 7.71. The van der Waals surface area contributed by atoms with Gasteiger partial charge in [0.25, 0.3) is 0 Å². The van der Waals surface area contributed by atoms with Crippen LogP contribution in [-0.2, 0) is 6.54 Å². The molecule has 0 unspecified atom stereocenters. The summed E-state index contributed by atoms with van der Waals surface area (Å²) in [4.78, 5) is 18.5. The highest BCUT2D eigenvalue weighted by Gasteiger charge is 2.13. The molecule has 3 aromatic heterocycles. The number of nitrogens with zero attached hydrogens (tertiary/aromatic N) is 5. The quantitative estimate of drug-likeness (QED) is 0.499. The van der Waals surface area contributed by atoms with Crippen LogP contribution in [-0.4, -0.2) is 31.6 Å². The number of anilines is 2. The number of hydrogen-bond acceptors (Lipinski definition) is 5. The van der Waals surface area contributed by atoms with E-state index in [1.54, 1.807) is 12.5 Å². The summed E-state index contributed by atoms with van der Waals surface area (Å²) in [6.07, 6.45) is 3.35. The zero-order valence-electron chi connectivity index (χ0n) is 14.2. The van der Waals surface area contributed by atoms with Gasteiger partial charge in [0.05, 0.1) is 16.6 Å². The van der Waals surface area contributed by atoms with Crippen molar-refractivity contribution in [1.82, 2.24) is 24.5 Å². The molecule has 0 aliphatic carbocycles. The van der Waals surface area contributed by atoms with Crippen LogP contribution < -0.4 is 4.90 Å². The Morgan fingerprint density at radius 3 is 2.65 bits per heavy atom. The molecule has 9 heteroatoms. The van der Waals surface area contributed by atoms with E-state index in [4.69, 9.17) is 12.2 Å². The van der Waals surface area contributed by atoms with Crippen molar-refractivity contribution in [3.05, 3.63) is 47.6 Å². The third-order valence-electron chi connectivity index (χ3n) is 4.14. The van der Waals surface area contributed by atoms with E-state index in [9.17, 15) is 0 Å². The molecular formula is C17H18Cl2N6S. The van der Waals surface area contributed by atoms with Gasteiger partial charge in [-0.3, -0.25) is 0 Å². The van der Waals surface area contributed by atoms with Crippen molar-refractivity contribution in [2.75, 3.05) is 11.9 Å². The summed E-state index contributed by atoms with van der Waals surface area (Å²) >= 11 is 5.40. The molecule has 0 atom stereocenters.